The Morgan fingerprint density at radius 1 is 1.15 bits per heavy atom. The minimum Gasteiger partial charge on any atom is -0.465 e. The number of halogens is 1. The maximum Gasteiger partial charge on any atom is 0.407 e. The highest BCUT2D eigenvalue weighted by Gasteiger charge is 2.48. The van der Waals surface area contributed by atoms with Crippen LogP contribution in [0.25, 0.3) is 16.7 Å². The van der Waals surface area contributed by atoms with Crippen molar-refractivity contribution in [2.45, 2.75) is 63.8 Å². The van der Waals surface area contributed by atoms with Gasteiger partial charge in [-0.2, -0.15) is 0 Å². The molecule has 0 radical (unpaired) electrons. The topological polar surface area (TPSA) is 130 Å². The van der Waals surface area contributed by atoms with Gasteiger partial charge in [-0.3, -0.25) is 23.6 Å². The van der Waals surface area contributed by atoms with Gasteiger partial charge in [0.1, 0.15) is 11.5 Å². The molecule has 3 fully saturated rings. The average Bonchev–Trinajstić information content (AvgIpc) is 3.61. The van der Waals surface area contributed by atoms with E-state index in [1.54, 1.807) is 10.6 Å². The number of carboxylic acid groups (broad SMARTS) is 1. The first kappa shape index (κ1) is 27.7. The first-order chi connectivity index (χ1) is 19.5. The van der Waals surface area contributed by atoms with Crippen molar-refractivity contribution in [1.29, 1.82) is 0 Å². The number of morpholine rings is 1. The predicted molar refractivity (Wildman–Crippen MR) is 151 cm³/mol. The van der Waals surface area contributed by atoms with Gasteiger partial charge in [0.25, 0.3) is 5.56 Å². The van der Waals surface area contributed by atoms with Crippen molar-refractivity contribution >= 4 is 34.6 Å². The van der Waals surface area contributed by atoms with Gasteiger partial charge in [-0.1, -0.05) is 30.7 Å². The zero-order valence-electron chi connectivity index (χ0n) is 23.1. The normalized spacial score (nSPS) is 23.5. The van der Waals surface area contributed by atoms with E-state index in [0.29, 0.717) is 47.8 Å². The van der Waals surface area contributed by atoms with E-state index in [1.807, 2.05) is 43.0 Å². The fourth-order valence-corrected chi connectivity index (χ4v) is 6.25. The molecule has 3 aromatic rings. The van der Waals surface area contributed by atoms with Gasteiger partial charge < -0.3 is 19.8 Å². The Bertz CT molecular complexity index is 1550. The molecule has 41 heavy (non-hydrogen) atoms. The van der Waals surface area contributed by atoms with Crippen molar-refractivity contribution in [2.75, 3.05) is 26.2 Å². The zero-order chi connectivity index (χ0) is 29.1. The lowest BCUT2D eigenvalue weighted by molar-refractivity contribution is -0.141. The average molecular weight is 584 g/mol. The number of amides is 2. The Kier molecular flexibility index (Phi) is 6.87. The molecule has 2 amide bonds. The maximum absolute atomic E-state index is 13.4. The predicted octanol–water partition coefficient (Wildman–Crippen LogP) is 3.43. The Labute approximate surface area is 241 Å². The zero-order valence-corrected chi connectivity index (χ0v) is 23.9. The fraction of sp³-hybridized carbons (Fsp3) is 0.517. The minimum absolute atomic E-state index is 0.0771. The standard InChI is InChI=1S/C29H34ClN5O6/c1-18-14-34(27(38)39)22(15-41-18)19-3-5-20(6-4-19)35-23(30)13-21-24(35)31-17-33(25(21)36)16-29(40)9-11-32(12-10-29)26(37)28(2)7-8-28/h3-6,13,17-18,22,40H,7-12,14-16H2,1-2H3,(H,38,39)/t18-,22-/m0/s1. The van der Waals surface area contributed by atoms with Gasteiger partial charge in [0.05, 0.1) is 42.8 Å². The van der Waals surface area contributed by atoms with Gasteiger partial charge >= 0.3 is 6.09 Å². The van der Waals surface area contributed by atoms with E-state index in [9.17, 15) is 24.6 Å². The van der Waals surface area contributed by atoms with Crippen LogP contribution < -0.4 is 5.56 Å². The number of hydrogen-bond acceptors (Lipinski definition) is 6. The summed E-state index contributed by atoms with van der Waals surface area (Å²) in [6.45, 7) is 5.39. The third kappa shape index (κ3) is 5.11. The molecule has 6 rings (SSSR count). The first-order valence-corrected chi connectivity index (χ1v) is 14.4. The van der Waals surface area contributed by atoms with E-state index < -0.39 is 17.7 Å². The van der Waals surface area contributed by atoms with Gasteiger partial charge in [0, 0.05) is 24.2 Å². The van der Waals surface area contributed by atoms with Crippen LogP contribution in [0.1, 0.15) is 51.1 Å². The number of aromatic nitrogens is 3. The van der Waals surface area contributed by atoms with Crippen LogP contribution in [0, 0.1) is 5.41 Å². The summed E-state index contributed by atoms with van der Waals surface area (Å²) in [5.41, 5.74) is 0.179. The van der Waals surface area contributed by atoms with E-state index in [0.717, 1.165) is 18.4 Å². The SMILES string of the molecule is C[C@H]1CN(C(=O)O)[C@H](c2ccc(-n3c(Cl)cc4c(=O)n(CC5(O)CCN(C(=O)C6(C)CC6)CC5)cnc43)cc2)CO1. The molecule has 3 aliphatic rings. The number of likely N-dealkylation sites (tertiary alicyclic amines) is 1. The second-order valence-corrected chi connectivity index (χ2v) is 12.4. The number of aliphatic hydroxyl groups is 1. The van der Waals surface area contributed by atoms with Crippen LogP contribution in [-0.4, -0.2) is 84.1 Å². The van der Waals surface area contributed by atoms with E-state index in [4.69, 9.17) is 16.3 Å². The van der Waals surface area contributed by atoms with E-state index in [2.05, 4.69) is 4.98 Å². The third-order valence-corrected chi connectivity index (χ3v) is 9.13. The molecule has 1 aromatic carbocycles. The van der Waals surface area contributed by atoms with Crippen molar-refractivity contribution in [2.24, 2.45) is 5.41 Å². The number of ether oxygens (including phenoxy) is 1. The van der Waals surface area contributed by atoms with Crippen LogP contribution in [0.15, 0.2) is 41.5 Å². The maximum atomic E-state index is 13.4. The summed E-state index contributed by atoms with van der Waals surface area (Å²) in [6, 6.07) is 8.43. The minimum atomic E-state index is -1.12. The molecule has 0 unspecified atom stereocenters. The number of benzene rings is 1. The van der Waals surface area contributed by atoms with E-state index >= 15 is 0 Å². The molecule has 4 heterocycles. The summed E-state index contributed by atoms with van der Waals surface area (Å²) in [7, 11) is 0. The van der Waals surface area contributed by atoms with E-state index in [-0.39, 0.29) is 42.7 Å². The highest BCUT2D eigenvalue weighted by Crippen LogP contribution is 2.47. The van der Waals surface area contributed by atoms with Crippen LogP contribution in [0.5, 0.6) is 0 Å². The van der Waals surface area contributed by atoms with Gasteiger partial charge in [0.2, 0.25) is 5.91 Å². The molecule has 0 bridgehead atoms. The summed E-state index contributed by atoms with van der Waals surface area (Å²) in [4.78, 5) is 45.7. The van der Waals surface area contributed by atoms with Crippen LogP contribution in [0.2, 0.25) is 5.15 Å². The molecular weight excluding hydrogens is 550 g/mol. The van der Waals surface area contributed by atoms with Crippen LogP contribution in [-0.2, 0) is 16.1 Å². The summed E-state index contributed by atoms with van der Waals surface area (Å²) >= 11 is 6.58. The third-order valence-electron chi connectivity index (χ3n) is 8.85. The van der Waals surface area contributed by atoms with Gasteiger partial charge in [-0.25, -0.2) is 9.78 Å². The molecule has 2 N–H and O–H groups in total. The molecular formula is C29H34ClN5O6. The Morgan fingerprint density at radius 2 is 1.83 bits per heavy atom. The second-order valence-electron chi connectivity index (χ2n) is 12.0. The molecule has 2 aromatic heterocycles. The number of nitrogens with zero attached hydrogens (tertiary/aromatic N) is 5. The van der Waals surface area contributed by atoms with Crippen LogP contribution >= 0.6 is 11.6 Å². The summed E-state index contributed by atoms with van der Waals surface area (Å²) < 4.78 is 8.79. The molecule has 2 atom stereocenters. The molecule has 218 valence electrons. The lowest BCUT2D eigenvalue weighted by atomic mass is 9.90. The number of rotatable bonds is 5. The summed E-state index contributed by atoms with van der Waals surface area (Å²) in [5.74, 6) is 0.157. The molecule has 2 saturated heterocycles. The van der Waals surface area contributed by atoms with Crippen molar-refractivity contribution in [3.05, 3.63) is 57.7 Å². The van der Waals surface area contributed by atoms with E-state index in [1.165, 1.54) is 15.8 Å². The summed E-state index contributed by atoms with van der Waals surface area (Å²) in [6.07, 6.45) is 2.87. The monoisotopic (exact) mass is 583 g/mol. The fourth-order valence-electron chi connectivity index (χ4n) is 5.96. The molecule has 2 aliphatic heterocycles. The number of hydrogen-bond donors (Lipinski definition) is 2. The highest BCUT2D eigenvalue weighted by molar-refractivity contribution is 6.31. The number of carbonyl (C=O) groups is 2. The second kappa shape index (κ2) is 10.1. The van der Waals surface area contributed by atoms with Crippen molar-refractivity contribution in [3.63, 3.8) is 0 Å². The number of fused-ring (bicyclic) bond motifs is 1. The van der Waals surface area contributed by atoms with Crippen molar-refractivity contribution in [1.82, 2.24) is 23.9 Å². The van der Waals surface area contributed by atoms with Gasteiger partial charge in [-0.15, -0.1) is 0 Å². The summed E-state index contributed by atoms with van der Waals surface area (Å²) in [5, 5.41) is 21.6. The van der Waals surface area contributed by atoms with Gasteiger partial charge in [-0.05, 0) is 56.4 Å². The van der Waals surface area contributed by atoms with Crippen molar-refractivity contribution in [3.8, 4) is 5.69 Å². The highest BCUT2D eigenvalue weighted by atomic mass is 35.5. The molecule has 1 saturated carbocycles. The van der Waals surface area contributed by atoms with Crippen LogP contribution in [0.3, 0.4) is 0 Å². The Hall–Kier alpha value is -3.41. The Balaban J connectivity index is 1.21. The largest absolute Gasteiger partial charge is 0.465 e. The molecule has 1 aliphatic carbocycles. The lowest BCUT2D eigenvalue weighted by Crippen LogP contribution is -2.51. The first-order valence-electron chi connectivity index (χ1n) is 14.0. The molecule has 11 nitrogen and oxygen atoms in total. The molecule has 12 heteroatoms. The number of carbonyl (C=O) groups excluding carboxylic acids is 1. The van der Waals surface area contributed by atoms with Gasteiger partial charge in [0.15, 0.2) is 5.65 Å². The quantitative estimate of drug-likeness (QED) is 0.470. The lowest BCUT2D eigenvalue weighted by Gasteiger charge is -2.39. The smallest absolute Gasteiger partial charge is 0.407 e. The van der Waals surface area contributed by atoms with Crippen molar-refractivity contribution < 1.29 is 24.5 Å². The Morgan fingerprint density at radius 3 is 2.46 bits per heavy atom. The number of piperidine rings is 1. The van der Waals surface area contributed by atoms with Crippen LogP contribution in [0.4, 0.5) is 4.79 Å². The molecule has 0 spiro atoms.